The van der Waals surface area contributed by atoms with E-state index < -0.39 is 23.6 Å². The Kier molecular flexibility index (Phi) is 5.15. The van der Waals surface area contributed by atoms with Crippen molar-refractivity contribution in [1.82, 2.24) is 15.1 Å². The van der Waals surface area contributed by atoms with Crippen LogP contribution in [0, 0.1) is 11.6 Å². The zero-order valence-corrected chi connectivity index (χ0v) is 14.0. The van der Waals surface area contributed by atoms with Gasteiger partial charge in [0.2, 0.25) is 5.91 Å². The Morgan fingerprint density at radius 3 is 2.81 bits per heavy atom. The lowest BCUT2D eigenvalue weighted by Gasteiger charge is -2.14. The highest BCUT2D eigenvalue weighted by atomic mass is 19.2. The predicted molar refractivity (Wildman–Crippen MR) is 88.5 cm³/mol. The lowest BCUT2D eigenvalue weighted by atomic mass is 10.3. The average molecular weight is 364 g/mol. The Morgan fingerprint density at radius 2 is 2.12 bits per heavy atom. The number of anilines is 1. The number of aromatic nitrogens is 2. The van der Waals surface area contributed by atoms with E-state index in [0.717, 1.165) is 25.0 Å². The number of halogens is 2. The van der Waals surface area contributed by atoms with Gasteiger partial charge in [0.05, 0.1) is 11.9 Å². The quantitative estimate of drug-likeness (QED) is 0.785. The zero-order valence-electron chi connectivity index (χ0n) is 14.0. The van der Waals surface area contributed by atoms with Gasteiger partial charge in [-0.25, -0.2) is 8.78 Å². The zero-order chi connectivity index (χ0) is 18.7. The number of hydrogen-bond acceptors (Lipinski definition) is 4. The molecule has 0 radical (unpaired) electrons. The van der Waals surface area contributed by atoms with E-state index in [2.05, 4.69) is 15.7 Å². The standard InChI is InChI=1S/C17H18F2N4O3/c1-10(26-13-4-5-14(18)15(19)6-13)17(25)22-12-7-20-23(8-12)9-16(24)21-11-2-3-11/h4-8,10-11H,2-3,9H2,1H3,(H,21,24)(H,22,25). The van der Waals surface area contributed by atoms with Gasteiger partial charge in [-0.2, -0.15) is 5.10 Å². The Morgan fingerprint density at radius 1 is 1.35 bits per heavy atom. The fourth-order valence-corrected chi connectivity index (χ4v) is 2.21. The van der Waals surface area contributed by atoms with Crippen LogP contribution in [0.5, 0.6) is 5.75 Å². The fourth-order valence-electron chi connectivity index (χ4n) is 2.21. The topological polar surface area (TPSA) is 85.2 Å². The van der Waals surface area contributed by atoms with Gasteiger partial charge in [-0.15, -0.1) is 0 Å². The maximum atomic E-state index is 13.2. The first kappa shape index (κ1) is 17.8. The molecule has 0 saturated heterocycles. The van der Waals surface area contributed by atoms with Crippen LogP contribution in [0.2, 0.25) is 0 Å². The number of benzene rings is 1. The Balaban J connectivity index is 1.51. The van der Waals surface area contributed by atoms with E-state index in [1.54, 1.807) is 0 Å². The lowest BCUT2D eigenvalue weighted by molar-refractivity contribution is -0.122. The van der Waals surface area contributed by atoms with Gasteiger partial charge < -0.3 is 15.4 Å². The molecular weight excluding hydrogens is 346 g/mol. The summed E-state index contributed by atoms with van der Waals surface area (Å²) < 4.78 is 32.8. The number of nitrogens with zero attached hydrogens (tertiary/aromatic N) is 2. The summed E-state index contributed by atoms with van der Waals surface area (Å²) in [5, 5.41) is 9.44. The van der Waals surface area contributed by atoms with Gasteiger partial charge in [0.15, 0.2) is 17.7 Å². The summed E-state index contributed by atoms with van der Waals surface area (Å²) in [6.45, 7) is 1.54. The lowest BCUT2D eigenvalue weighted by Crippen LogP contribution is -2.30. The van der Waals surface area contributed by atoms with Crippen molar-refractivity contribution in [2.45, 2.75) is 38.5 Å². The summed E-state index contributed by atoms with van der Waals surface area (Å²) in [6.07, 6.45) is 3.99. The monoisotopic (exact) mass is 364 g/mol. The molecule has 1 aromatic heterocycles. The van der Waals surface area contributed by atoms with Gasteiger partial charge in [-0.3, -0.25) is 14.3 Å². The third kappa shape index (κ3) is 4.78. The van der Waals surface area contributed by atoms with E-state index in [9.17, 15) is 18.4 Å². The first-order valence-corrected chi connectivity index (χ1v) is 8.15. The molecule has 2 aromatic rings. The minimum atomic E-state index is -1.05. The van der Waals surface area contributed by atoms with Crippen molar-refractivity contribution in [1.29, 1.82) is 0 Å². The van der Waals surface area contributed by atoms with Crippen molar-refractivity contribution < 1.29 is 23.1 Å². The van der Waals surface area contributed by atoms with Crippen molar-refractivity contribution in [3.63, 3.8) is 0 Å². The van der Waals surface area contributed by atoms with E-state index >= 15 is 0 Å². The molecule has 1 fully saturated rings. The Labute approximate surface area is 148 Å². The van der Waals surface area contributed by atoms with E-state index in [1.165, 1.54) is 30.1 Å². The summed E-state index contributed by atoms with van der Waals surface area (Å²) in [5.74, 6) is -2.63. The second-order valence-electron chi connectivity index (χ2n) is 6.09. The number of amides is 2. The summed E-state index contributed by atoms with van der Waals surface area (Å²) in [7, 11) is 0. The van der Waals surface area contributed by atoms with Crippen LogP contribution in [-0.4, -0.2) is 33.7 Å². The normalized spacial score (nSPS) is 14.6. The average Bonchev–Trinajstić information content (AvgIpc) is 3.29. The van der Waals surface area contributed by atoms with Crippen LogP contribution in [0.1, 0.15) is 19.8 Å². The molecule has 9 heteroatoms. The molecule has 2 N–H and O–H groups in total. The van der Waals surface area contributed by atoms with Gasteiger partial charge in [0, 0.05) is 18.3 Å². The second kappa shape index (κ2) is 7.51. The minimum absolute atomic E-state index is 0.0407. The van der Waals surface area contributed by atoms with E-state index in [4.69, 9.17) is 4.74 Å². The third-order valence-corrected chi connectivity index (χ3v) is 3.72. The van der Waals surface area contributed by atoms with Crippen LogP contribution in [0.3, 0.4) is 0 Å². The molecule has 1 heterocycles. The molecule has 1 saturated carbocycles. The molecule has 7 nitrogen and oxygen atoms in total. The third-order valence-electron chi connectivity index (χ3n) is 3.72. The molecule has 0 aliphatic heterocycles. The summed E-state index contributed by atoms with van der Waals surface area (Å²) in [4.78, 5) is 23.9. The molecule has 1 unspecified atom stereocenters. The van der Waals surface area contributed by atoms with Gasteiger partial charge in [-0.05, 0) is 31.9 Å². The van der Waals surface area contributed by atoms with Crippen molar-refractivity contribution in [2.24, 2.45) is 0 Å². The smallest absolute Gasteiger partial charge is 0.265 e. The molecule has 26 heavy (non-hydrogen) atoms. The van der Waals surface area contributed by atoms with Crippen LogP contribution >= 0.6 is 0 Å². The minimum Gasteiger partial charge on any atom is -0.481 e. The fraction of sp³-hybridized carbons (Fsp3) is 0.353. The molecule has 0 spiro atoms. The summed E-state index contributed by atoms with van der Waals surface area (Å²) in [5.41, 5.74) is 0.398. The molecule has 1 aromatic carbocycles. The van der Waals surface area contributed by atoms with Crippen molar-refractivity contribution in [3.05, 3.63) is 42.2 Å². The molecule has 1 aliphatic carbocycles. The molecule has 3 rings (SSSR count). The van der Waals surface area contributed by atoms with E-state index in [-0.39, 0.29) is 24.2 Å². The Hall–Kier alpha value is -2.97. The summed E-state index contributed by atoms with van der Waals surface area (Å²) >= 11 is 0. The van der Waals surface area contributed by atoms with Crippen LogP contribution in [0.15, 0.2) is 30.6 Å². The van der Waals surface area contributed by atoms with Crippen molar-refractivity contribution >= 4 is 17.5 Å². The second-order valence-corrected chi connectivity index (χ2v) is 6.09. The van der Waals surface area contributed by atoms with Crippen LogP contribution in [-0.2, 0) is 16.1 Å². The highest BCUT2D eigenvalue weighted by Gasteiger charge is 2.23. The maximum Gasteiger partial charge on any atom is 0.265 e. The number of hydrogen-bond donors (Lipinski definition) is 2. The molecule has 0 bridgehead atoms. The van der Waals surface area contributed by atoms with E-state index in [1.807, 2.05) is 0 Å². The molecule has 1 aliphatic rings. The maximum absolute atomic E-state index is 13.2. The Bertz CT molecular complexity index is 820. The van der Waals surface area contributed by atoms with E-state index in [0.29, 0.717) is 5.69 Å². The largest absolute Gasteiger partial charge is 0.481 e. The molecule has 2 amide bonds. The highest BCUT2D eigenvalue weighted by Crippen LogP contribution is 2.19. The van der Waals surface area contributed by atoms with Gasteiger partial charge in [0.25, 0.3) is 5.91 Å². The molecule has 1 atom stereocenters. The predicted octanol–water partition coefficient (Wildman–Crippen LogP) is 1.85. The van der Waals surface area contributed by atoms with Crippen molar-refractivity contribution in [2.75, 3.05) is 5.32 Å². The van der Waals surface area contributed by atoms with Crippen LogP contribution < -0.4 is 15.4 Å². The summed E-state index contributed by atoms with van der Waals surface area (Å²) in [6, 6.07) is 3.30. The van der Waals surface area contributed by atoms with Gasteiger partial charge in [0.1, 0.15) is 12.3 Å². The number of carbonyl (C=O) groups is 2. The number of carbonyl (C=O) groups excluding carboxylic acids is 2. The van der Waals surface area contributed by atoms with Crippen LogP contribution in [0.25, 0.3) is 0 Å². The van der Waals surface area contributed by atoms with Crippen molar-refractivity contribution in [3.8, 4) is 5.75 Å². The number of rotatable bonds is 7. The number of ether oxygens (including phenoxy) is 1. The SMILES string of the molecule is CC(Oc1ccc(F)c(F)c1)C(=O)Nc1cnn(CC(=O)NC2CC2)c1. The van der Waals surface area contributed by atoms with Gasteiger partial charge in [-0.1, -0.05) is 0 Å². The number of nitrogens with one attached hydrogen (secondary N) is 2. The first-order valence-electron chi connectivity index (χ1n) is 8.15. The first-order chi connectivity index (χ1) is 12.4. The highest BCUT2D eigenvalue weighted by molar-refractivity contribution is 5.93. The molecular formula is C17H18F2N4O3. The molecule has 138 valence electrons. The van der Waals surface area contributed by atoms with Crippen LogP contribution in [0.4, 0.5) is 14.5 Å². The van der Waals surface area contributed by atoms with Gasteiger partial charge >= 0.3 is 0 Å².